The molecule has 0 radical (unpaired) electrons. The first-order chi connectivity index (χ1) is 10.3. The molecule has 2 heterocycles. The third kappa shape index (κ3) is 3.97. The first-order valence-corrected chi connectivity index (χ1v) is 8.11. The molecule has 1 aliphatic heterocycles. The van der Waals surface area contributed by atoms with E-state index >= 15 is 0 Å². The normalized spacial score (nSPS) is 24.7. The van der Waals surface area contributed by atoms with Gasteiger partial charge >= 0.3 is 6.03 Å². The van der Waals surface area contributed by atoms with Gasteiger partial charge in [0.15, 0.2) is 0 Å². The van der Waals surface area contributed by atoms with Gasteiger partial charge in [-0.2, -0.15) is 5.10 Å². The third-order valence-electron chi connectivity index (χ3n) is 4.64. The summed E-state index contributed by atoms with van der Waals surface area (Å²) in [6.45, 7) is 2.18. The Labute approximate surface area is 125 Å². The smallest absolute Gasteiger partial charge is 0.319 e. The second-order valence-corrected chi connectivity index (χ2v) is 6.21. The van der Waals surface area contributed by atoms with E-state index in [1.54, 1.807) is 12.4 Å². The molecule has 2 aliphatic rings. The fourth-order valence-corrected chi connectivity index (χ4v) is 3.57. The molecule has 0 bridgehead atoms. The summed E-state index contributed by atoms with van der Waals surface area (Å²) < 4.78 is 0. The minimum absolute atomic E-state index is 0.133. The van der Waals surface area contributed by atoms with Gasteiger partial charge in [0.25, 0.3) is 0 Å². The number of urea groups is 1. The van der Waals surface area contributed by atoms with E-state index in [1.807, 2.05) is 0 Å². The summed E-state index contributed by atoms with van der Waals surface area (Å²) in [7, 11) is 0. The molecule has 0 unspecified atom stereocenters. The highest BCUT2D eigenvalue weighted by atomic mass is 16.2. The molecular formula is C15H25N5O. The zero-order valence-corrected chi connectivity index (χ0v) is 12.5. The van der Waals surface area contributed by atoms with Gasteiger partial charge in [0, 0.05) is 24.8 Å². The van der Waals surface area contributed by atoms with Gasteiger partial charge < -0.3 is 10.6 Å². The minimum atomic E-state index is -0.133. The van der Waals surface area contributed by atoms with Crippen LogP contribution in [0.15, 0.2) is 12.4 Å². The maximum Gasteiger partial charge on any atom is 0.319 e. The number of aromatic amines is 1. The van der Waals surface area contributed by atoms with Crippen LogP contribution >= 0.6 is 0 Å². The van der Waals surface area contributed by atoms with Crippen molar-refractivity contribution in [3.63, 3.8) is 0 Å². The van der Waals surface area contributed by atoms with E-state index in [0.717, 1.165) is 19.0 Å². The topological polar surface area (TPSA) is 73.0 Å². The van der Waals surface area contributed by atoms with Crippen LogP contribution in [0.1, 0.15) is 44.9 Å². The highest BCUT2D eigenvalue weighted by Crippen LogP contribution is 2.25. The van der Waals surface area contributed by atoms with Crippen LogP contribution in [0.4, 0.5) is 10.5 Å². The number of carbonyl (C=O) groups excluding carboxylic acids is 1. The average molecular weight is 291 g/mol. The zero-order valence-electron chi connectivity index (χ0n) is 12.5. The number of hydrogen-bond donors (Lipinski definition) is 3. The summed E-state index contributed by atoms with van der Waals surface area (Å²) in [5, 5.41) is 12.4. The van der Waals surface area contributed by atoms with Crippen LogP contribution in [0, 0.1) is 0 Å². The molecule has 1 aromatic rings. The largest absolute Gasteiger partial charge is 0.334 e. The van der Waals surface area contributed by atoms with Crippen LogP contribution in [0.25, 0.3) is 0 Å². The Hall–Kier alpha value is -1.56. The first-order valence-electron chi connectivity index (χ1n) is 8.11. The standard InChI is InChI=1S/C15H25N5O/c21-15(19-13-9-16-17-10-13)18-12-5-4-8-20(11-12)14-6-2-1-3-7-14/h9-10,12,14H,1-8,11H2,(H,16,17)(H2,18,19,21)/t12-/m0/s1. The monoisotopic (exact) mass is 291 g/mol. The number of hydrogen-bond acceptors (Lipinski definition) is 3. The molecule has 3 N–H and O–H groups in total. The van der Waals surface area contributed by atoms with E-state index in [2.05, 4.69) is 25.7 Å². The average Bonchev–Trinajstić information content (AvgIpc) is 3.01. The number of amides is 2. The molecular weight excluding hydrogens is 266 g/mol. The van der Waals surface area contributed by atoms with Crippen LogP contribution in [0.2, 0.25) is 0 Å². The molecule has 21 heavy (non-hydrogen) atoms. The first kappa shape index (κ1) is 14.4. The number of nitrogens with one attached hydrogen (secondary N) is 3. The lowest BCUT2D eigenvalue weighted by molar-refractivity contribution is 0.113. The van der Waals surface area contributed by atoms with Crippen molar-refractivity contribution in [1.82, 2.24) is 20.4 Å². The van der Waals surface area contributed by atoms with E-state index < -0.39 is 0 Å². The molecule has 1 saturated heterocycles. The minimum Gasteiger partial charge on any atom is -0.334 e. The van der Waals surface area contributed by atoms with Crippen molar-refractivity contribution in [3.05, 3.63) is 12.4 Å². The number of aromatic nitrogens is 2. The molecule has 1 atom stereocenters. The van der Waals surface area contributed by atoms with Gasteiger partial charge in [0.2, 0.25) is 0 Å². The Bertz CT molecular complexity index is 441. The predicted octanol–water partition coefficient (Wildman–Crippen LogP) is 2.33. The number of likely N-dealkylation sites (tertiary alicyclic amines) is 1. The summed E-state index contributed by atoms with van der Waals surface area (Å²) in [4.78, 5) is 14.6. The summed E-state index contributed by atoms with van der Waals surface area (Å²) in [5.74, 6) is 0. The van der Waals surface area contributed by atoms with Crippen LogP contribution in [0.3, 0.4) is 0 Å². The van der Waals surface area contributed by atoms with Gasteiger partial charge in [-0.15, -0.1) is 0 Å². The van der Waals surface area contributed by atoms with Gasteiger partial charge in [-0.1, -0.05) is 19.3 Å². The fourth-order valence-electron chi connectivity index (χ4n) is 3.57. The van der Waals surface area contributed by atoms with Crippen LogP contribution < -0.4 is 10.6 Å². The quantitative estimate of drug-likeness (QED) is 0.800. The molecule has 0 aromatic carbocycles. The van der Waals surface area contributed by atoms with E-state index in [9.17, 15) is 4.79 Å². The van der Waals surface area contributed by atoms with Crippen molar-refractivity contribution < 1.29 is 4.79 Å². The van der Waals surface area contributed by atoms with E-state index in [1.165, 1.54) is 45.1 Å². The van der Waals surface area contributed by atoms with E-state index in [4.69, 9.17) is 0 Å². The van der Waals surface area contributed by atoms with Crippen molar-refractivity contribution >= 4 is 11.7 Å². The van der Waals surface area contributed by atoms with Gasteiger partial charge in [-0.05, 0) is 32.2 Å². The van der Waals surface area contributed by atoms with Crippen molar-refractivity contribution in [2.45, 2.75) is 57.0 Å². The number of nitrogens with zero attached hydrogens (tertiary/aromatic N) is 2. The highest BCUT2D eigenvalue weighted by molar-refractivity contribution is 5.89. The summed E-state index contributed by atoms with van der Waals surface area (Å²) in [6, 6.07) is 0.861. The lowest BCUT2D eigenvalue weighted by Crippen LogP contribution is -2.52. The Morgan fingerprint density at radius 1 is 1.24 bits per heavy atom. The van der Waals surface area contributed by atoms with Crippen molar-refractivity contribution in [2.24, 2.45) is 0 Å². The van der Waals surface area contributed by atoms with Gasteiger partial charge in [-0.25, -0.2) is 4.79 Å². The Kier molecular flexibility index (Phi) is 4.75. The van der Waals surface area contributed by atoms with Gasteiger partial charge in [0.05, 0.1) is 11.9 Å². The van der Waals surface area contributed by atoms with Crippen LogP contribution in [-0.4, -0.2) is 46.3 Å². The molecule has 1 saturated carbocycles. The Balaban J connectivity index is 1.47. The Morgan fingerprint density at radius 3 is 2.86 bits per heavy atom. The van der Waals surface area contributed by atoms with Crippen molar-refractivity contribution in [3.8, 4) is 0 Å². The lowest BCUT2D eigenvalue weighted by Gasteiger charge is -2.40. The summed E-state index contributed by atoms with van der Waals surface area (Å²) >= 11 is 0. The maximum absolute atomic E-state index is 12.0. The highest BCUT2D eigenvalue weighted by Gasteiger charge is 2.27. The van der Waals surface area contributed by atoms with E-state index in [-0.39, 0.29) is 12.1 Å². The molecule has 2 amide bonds. The molecule has 0 spiro atoms. The van der Waals surface area contributed by atoms with Gasteiger partial charge in [-0.3, -0.25) is 10.00 Å². The predicted molar refractivity (Wildman–Crippen MR) is 82.2 cm³/mol. The number of carbonyl (C=O) groups is 1. The molecule has 6 nitrogen and oxygen atoms in total. The zero-order chi connectivity index (χ0) is 14.5. The molecule has 2 fully saturated rings. The van der Waals surface area contributed by atoms with Crippen LogP contribution in [-0.2, 0) is 0 Å². The molecule has 1 aromatic heterocycles. The number of rotatable bonds is 3. The van der Waals surface area contributed by atoms with E-state index in [0.29, 0.717) is 5.69 Å². The summed E-state index contributed by atoms with van der Waals surface area (Å²) in [6.07, 6.45) is 12.3. The lowest BCUT2D eigenvalue weighted by atomic mass is 9.92. The maximum atomic E-state index is 12.0. The number of piperidine rings is 1. The SMILES string of the molecule is O=C(Nc1cn[nH]c1)N[C@H]1CCCN(C2CCCCC2)C1. The Morgan fingerprint density at radius 2 is 2.10 bits per heavy atom. The van der Waals surface area contributed by atoms with Crippen LogP contribution in [0.5, 0.6) is 0 Å². The number of H-pyrrole nitrogens is 1. The fraction of sp³-hybridized carbons (Fsp3) is 0.733. The molecule has 3 rings (SSSR count). The van der Waals surface area contributed by atoms with Crippen molar-refractivity contribution in [1.29, 1.82) is 0 Å². The summed E-state index contributed by atoms with van der Waals surface area (Å²) in [5.41, 5.74) is 0.701. The molecule has 1 aliphatic carbocycles. The van der Waals surface area contributed by atoms with Gasteiger partial charge in [0.1, 0.15) is 0 Å². The molecule has 116 valence electrons. The van der Waals surface area contributed by atoms with Crippen molar-refractivity contribution in [2.75, 3.05) is 18.4 Å². The number of anilines is 1. The third-order valence-corrected chi connectivity index (χ3v) is 4.64. The molecule has 6 heteroatoms. The second kappa shape index (κ2) is 6.93. The second-order valence-electron chi connectivity index (χ2n) is 6.21.